The van der Waals surface area contributed by atoms with Crippen LogP contribution in [0.1, 0.15) is 13.8 Å². The van der Waals surface area contributed by atoms with E-state index in [1.807, 2.05) is 0 Å². The molecule has 8 heteroatoms. The first-order chi connectivity index (χ1) is 7.99. The summed E-state index contributed by atoms with van der Waals surface area (Å²) in [7, 11) is 2.93. The van der Waals surface area contributed by atoms with E-state index >= 15 is 0 Å². The van der Waals surface area contributed by atoms with Crippen LogP contribution in [0.3, 0.4) is 0 Å². The van der Waals surface area contributed by atoms with E-state index in [0.717, 1.165) is 4.90 Å². The third kappa shape index (κ3) is 5.85. The lowest BCUT2D eigenvalue weighted by Crippen LogP contribution is -2.53. The molecular formula is C10H18F3N3O2. The molecule has 106 valence electrons. The SMILES string of the molecule is CNC(C)(C)C(=O)N(C)CC(=O)NCC(F)(F)F. The highest BCUT2D eigenvalue weighted by molar-refractivity contribution is 5.89. The van der Waals surface area contributed by atoms with Crippen LogP contribution in [0.4, 0.5) is 13.2 Å². The number of nitrogens with one attached hydrogen (secondary N) is 2. The molecular weight excluding hydrogens is 251 g/mol. The number of rotatable bonds is 5. The van der Waals surface area contributed by atoms with Crippen molar-refractivity contribution < 1.29 is 22.8 Å². The smallest absolute Gasteiger partial charge is 0.345 e. The molecule has 0 bridgehead atoms. The Hall–Kier alpha value is -1.31. The van der Waals surface area contributed by atoms with E-state index < -0.39 is 30.7 Å². The summed E-state index contributed by atoms with van der Waals surface area (Å²) in [6.07, 6.45) is -4.46. The number of halogens is 3. The molecule has 0 saturated carbocycles. The van der Waals surface area contributed by atoms with Gasteiger partial charge >= 0.3 is 6.18 Å². The van der Waals surface area contributed by atoms with Crippen LogP contribution in [-0.4, -0.2) is 55.6 Å². The summed E-state index contributed by atoms with van der Waals surface area (Å²) in [5.74, 6) is -1.23. The second-order valence-electron chi connectivity index (χ2n) is 4.43. The van der Waals surface area contributed by atoms with Crippen LogP contribution in [-0.2, 0) is 9.59 Å². The summed E-state index contributed by atoms with van der Waals surface area (Å²) in [4.78, 5) is 24.1. The monoisotopic (exact) mass is 269 g/mol. The van der Waals surface area contributed by atoms with Crippen molar-refractivity contribution in [2.45, 2.75) is 25.6 Å². The van der Waals surface area contributed by atoms with Crippen molar-refractivity contribution in [3.05, 3.63) is 0 Å². The molecule has 0 aromatic heterocycles. The maximum atomic E-state index is 11.9. The van der Waals surface area contributed by atoms with Gasteiger partial charge in [0.05, 0.1) is 12.1 Å². The molecule has 0 fully saturated rings. The number of carbonyl (C=O) groups excluding carboxylic acids is 2. The second kappa shape index (κ2) is 6.03. The van der Waals surface area contributed by atoms with Crippen LogP contribution < -0.4 is 10.6 Å². The molecule has 18 heavy (non-hydrogen) atoms. The van der Waals surface area contributed by atoms with Gasteiger partial charge in [-0.2, -0.15) is 13.2 Å². The Balaban J connectivity index is 4.28. The van der Waals surface area contributed by atoms with Gasteiger partial charge in [0.1, 0.15) is 6.54 Å². The molecule has 2 amide bonds. The highest BCUT2D eigenvalue weighted by atomic mass is 19.4. The number of nitrogens with zero attached hydrogens (tertiary/aromatic N) is 1. The van der Waals surface area contributed by atoms with Crippen LogP contribution in [0, 0.1) is 0 Å². The Morgan fingerprint density at radius 1 is 1.22 bits per heavy atom. The molecule has 0 aromatic rings. The van der Waals surface area contributed by atoms with Crippen molar-refractivity contribution in [2.75, 3.05) is 27.2 Å². The van der Waals surface area contributed by atoms with Gasteiger partial charge in [-0.25, -0.2) is 0 Å². The van der Waals surface area contributed by atoms with Gasteiger partial charge in [-0.05, 0) is 20.9 Å². The normalized spacial score (nSPS) is 12.2. The Labute approximate surface area is 104 Å². The van der Waals surface area contributed by atoms with E-state index in [9.17, 15) is 22.8 Å². The number of hydrogen-bond acceptors (Lipinski definition) is 3. The van der Waals surface area contributed by atoms with Crippen LogP contribution in [0.15, 0.2) is 0 Å². The zero-order chi connectivity index (χ0) is 14.6. The maximum Gasteiger partial charge on any atom is 0.405 e. The zero-order valence-electron chi connectivity index (χ0n) is 10.8. The number of likely N-dealkylation sites (N-methyl/N-ethyl adjacent to an activating group) is 2. The standard InChI is InChI=1S/C10H18F3N3O2/c1-9(2,14-3)8(18)16(4)5-7(17)15-6-10(11,12)13/h14H,5-6H2,1-4H3,(H,15,17). The highest BCUT2D eigenvalue weighted by Gasteiger charge is 2.31. The van der Waals surface area contributed by atoms with Crippen LogP contribution in [0.5, 0.6) is 0 Å². The van der Waals surface area contributed by atoms with Crippen molar-refractivity contribution in [3.8, 4) is 0 Å². The summed E-state index contributed by atoms with van der Waals surface area (Å²) in [6.45, 7) is 1.40. The predicted octanol–water partition coefficient (Wildman–Crippen LogP) is 0.121. The maximum absolute atomic E-state index is 11.9. The third-order valence-corrected chi connectivity index (χ3v) is 2.37. The third-order valence-electron chi connectivity index (χ3n) is 2.37. The minimum absolute atomic E-state index is 0.382. The molecule has 0 heterocycles. The van der Waals surface area contributed by atoms with E-state index in [-0.39, 0.29) is 5.91 Å². The number of carbonyl (C=O) groups is 2. The molecule has 0 aromatic carbocycles. The van der Waals surface area contributed by atoms with Gasteiger partial charge in [-0.1, -0.05) is 0 Å². The molecule has 5 nitrogen and oxygen atoms in total. The molecule has 0 unspecified atom stereocenters. The van der Waals surface area contributed by atoms with Crippen molar-refractivity contribution in [1.82, 2.24) is 15.5 Å². The van der Waals surface area contributed by atoms with Crippen molar-refractivity contribution in [2.24, 2.45) is 0 Å². The van der Waals surface area contributed by atoms with Crippen molar-refractivity contribution in [3.63, 3.8) is 0 Å². The number of amides is 2. The van der Waals surface area contributed by atoms with Gasteiger partial charge in [-0.15, -0.1) is 0 Å². The molecule has 0 saturated heterocycles. The fourth-order valence-corrected chi connectivity index (χ4v) is 1.13. The molecule has 0 spiro atoms. The largest absolute Gasteiger partial charge is 0.405 e. The van der Waals surface area contributed by atoms with E-state index in [1.54, 1.807) is 26.2 Å². The first-order valence-electron chi connectivity index (χ1n) is 5.27. The van der Waals surface area contributed by atoms with Gasteiger partial charge in [0.25, 0.3) is 0 Å². The van der Waals surface area contributed by atoms with Crippen molar-refractivity contribution in [1.29, 1.82) is 0 Å². The highest BCUT2D eigenvalue weighted by Crippen LogP contribution is 2.12. The Bertz CT molecular complexity index is 316. The van der Waals surface area contributed by atoms with Crippen molar-refractivity contribution >= 4 is 11.8 Å². The van der Waals surface area contributed by atoms with Crippen LogP contribution >= 0.6 is 0 Å². The second-order valence-corrected chi connectivity index (χ2v) is 4.43. The summed E-state index contributed by atoms with van der Waals surface area (Å²) >= 11 is 0. The number of alkyl halides is 3. The number of hydrogen-bond donors (Lipinski definition) is 2. The fraction of sp³-hybridized carbons (Fsp3) is 0.800. The van der Waals surface area contributed by atoms with E-state index in [2.05, 4.69) is 5.32 Å². The lowest BCUT2D eigenvalue weighted by atomic mass is 10.0. The quantitative estimate of drug-likeness (QED) is 0.745. The topological polar surface area (TPSA) is 61.4 Å². The average molecular weight is 269 g/mol. The van der Waals surface area contributed by atoms with Gasteiger partial charge < -0.3 is 15.5 Å². The first-order valence-corrected chi connectivity index (χ1v) is 5.27. The fourth-order valence-electron chi connectivity index (χ4n) is 1.13. The van der Waals surface area contributed by atoms with Crippen LogP contribution in [0.2, 0.25) is 0 Å². The molecule has 0 atom stereocenters. The lowest BCUT2D eigenvalue weighted by molar-refractivity contribution is -0.143. The van der Waals surface area contributed by atoms with Gasteiger partial charge in [0, 0.05) is 7.05 Å². The Kier molecular flexibility index (Phi) is 5.59. The van der Waals surface area contributed by atoms with E-state index in [0.29, 0.717) is 0 Å². The summed E-state index contributed by atoms with van der Waals surface area (Å²) < 4.78 is 35.6. The molecule has 0 aliphatic carbocycles. The molecule has 2 N–H and O–H groups in total. The van der Waals surface area contributed by atoms with E-state index in [4.69, 9.17) is 0 Å². The lowest BCUT2D eigenvalue weighted by Gasteiger charge is -2.28. The molecule has 0 rings (SSSR count). The van der Waals surface area contributed by atoms with Gasteiger partial charge in [0.15, 0.2) is 0 Å². The summed E-state index contributed by atoms with van der Waals surface area (Å²) in [6, 6.07) is 0. The summed E-state index contributed by atoms with van der Waals surface area (Å²) in [5.41, 5.74) is -0.876. The zero-order valence-corrected chi connectivity index (χ0v) is 10.8. The summed E-state index contributed by atoms with van der Waals surface area (Å²) in [5, 5.41) is 4.45. The average Bonchev–Trinajstić information content (AvgIpc) is 2.24. The first kappa shape index (κ1) is 16.7. The van der Waals surface area contributed by atoms with Gasteiger partial charge in [-0.3, -0.25) is 9.59 Å². The molecule has 0 aliphatic heterocycles. The molecule has 0 aliphatic rings. The molecule has 0 radical (unpaired) electrons. The van der Waals surface area contributed by atoms with E-state index in [1.165, 1.54) is 7.05 Å². The Morgan fingerprint density at radius 2 is 1.72 bits per heavy atom. The Morgan fingerprint density at radius 3 is 2.11 bits per heavy atom. The minimum Gasteiger partial charge on any atom is -0.345 e. The van der Waals surface area contributed by atoms with Crippen LogP contribution in [0.25, 0.3) is 0 Å². The van der Waals surface area contributed by atoms with Gasteiger partial charge in [0.2, 0.25) is 11.8 Å². The predicted molar refractivity (Wildman–Crippen MR) is 59.8 cm³/mol. The minimum atomic E-state index is -4.46.